The molecule has 2 amide bonds. The standard InChI is InChI=1S/C29H34ClN3O5S/c1-6-31-29(35)22(4)32(18-23-9-7-8-10-25(23)30)28(34)19-33(26-17-21(3)13-16-27(26)38-5)39(36,37)24-14-11-20(2)12-15-24/h7-17,22H,6,18-19H2,1-5H3,(H,31,35)/t22-/m1/s1. The molecule has 0 spiro atoms. The van der Waals surface area contributed by atoms with Gasteiger partial charge in [-0.2, -0.15) is 0 Å². The number of nitrogens with zero attached hydrogens (tertiary/aromatic N) is 2. The fourth-order valence-corrected chi connectivity index (χ4v) is 5.67. The summed E-state index contributed by atoms with van der Waals surface area (Å²) in [7, 11) is -2.77. The number of carbonyl (C=O) groups is 2. The van der Waals surface area contributed by atoms with Crippen LogP contribution in [0, 0.1) is 13.8 Å². The lowest BCUT2D eigenvalue weighted by atomic mass is 10.1. The molecule has 0 aliphatic carbocycles. The van der Waals surface area contributed by atoms with E-state index >= 15 is 0 Å². The van der Waals surface area contributed by atoms with Crippen molar-refractivity contribution in [3.05, 3.63) is 88.4 Å². The van der Waals surface area contributed by atoms with Gasteiger partial charge in [0, 0.05) is 18.1 Å². The van der Waals surface area contributed by atoms with Gasteiger partial charge in [-0.1, -0.05) is 53.6 Å². The summed E-state index contributed by atoms with van der Waals surface area (Å²) in [6.07, 6.45) is 0. The molecule has 39 heavy (non-hydrogen) atoms. The Morgan fingerprint density at radius 2 is 1.64 bits per heavy atom. The van der Waals surface area contributed by atoms with Gasteiger partial charge in [-0.05, 0) is 69.2 Å². The van der Waals surface area contributed by atoms with Crippen LogP contribution in [0.25, 0.3) is 0 Å². The maximum atomic E-state index is 14.0. The normalized spacial score (nSPS) is 11.9. The number of likely N-dealkylation sites (N-methyl/N-ethyl adjacent to an activating group) is 1. The minimum absolute atomic E-state index is 0.0141. The second-order valence-electron chi connectivity index (χ2n) is 9.18. The van der Waals surface area contributed by atoms with E-state index in [0.29, 0.717) is 22.9 Å². The zero-order valence-electron chi connectivity index (χ0n) is 22.8. The van der Waals surface area contributed by atoms with Crippen LogP contribution in [-0.2, 0) is 26.2 Å². The van der Waals surface area contributed by atoms with E-state index in [-0.39, 0.29) is 23.0 Å². The van der Waals surface area contributed by atoms with E-state index in [9.17, 15) is 18.0 Å². The average Bonchev–Trinajstić information content (AvgIpc) is 2.91. The van der Waals surface area contributed by atoms with Crippen molar-refractivity contribution in [3.63, 3.8) is 0 Å². The minimum Gasteiger partial charge on any atom is -0.495 e. The Morgan fingerprint density at radius 1 is 1.00 bits per heavy atom. The Kier molecular flexibility index (Phi) is 9.99. The number of rotatable bonds is 11. The van der Waals surface area contributed by atoms with Crippen LogP contribution in [0.5, 0.6) is 5.75 Å². The number of halogens is 1. The molecule has 0 saturated heterocycles. The largest absolute Gasteiger partial charge is 0.495 e. The molecular formula is C29H34ClN3O5S. The van der Waals surface area contributed by atoms with Crippen molar-refractivity contribution in [3.8, 4) is 5.75 Å². The summed E-state index contributed by atoms with van der Waals surface area (Å²) in [4.78, 5) is 28.2. The molecule has 0 aliphatic rings. The molecule has 8 nitrogen and oxygen atoms in total. The number of benzene rings is 3. The maximum Gasteiger partial charge on any atom is 0.264 e. The molecule has 208 valence electrons. The van der Waals surface area contributed by atoms with Gasteiger partial charge in [0.2, 0.25) is 11.8 Å². The lowest BCUT2D eigenvalue weighted by Crippen LogP contribution is -2.51. The molecule has 0 unspecified atom stereocenters. The maximum absolute atomic E-state index is 14.0. The van der Waals surface area contributed by atoms with Gasteiger partial charge in [0.15, 0.2) is 0 Å². The number of amides is 2. The molecule has 3 rings (SSSR count). The van der Waals surface area contributed by atoms with Gasteiger partial charge in [-0.3, -0.25) is 13.9 Å². The molecule has 1 N–H and O–H groups in total. The number of hydrogen-bond donors (Lipinski definition) is 1. The van der Waals surface area contributed by atoms with E-state index in [4.69, 9.17) is 16.3 Å². The zero-order chi connectivity index (χ0) is 28.7. The predicted octanol–water partition coefficient (Wildman–Crippen LogP) is 4.71. The van der Waals surface area contributed by atoms with Crippen molar-refractivity contribution < 1.29 is 22.7 Å². The molecule has 0 bridgehead atoms. The van der Waals surface area contributed by atoms with E-state index in [0.717, 1.165) is 15.4 Å². The Labute approximate surface area is 235 Å². The monoisotopic (exact) mass is 571 g/mol. The van der Waals surface area contributed by atoms with Crippen LogP contribution < -0.4 is 14.4 Å². The van der Waals surface area contributed by atoms with Crippen molar-refractivity contribution in [2.45, 2.75) is 45.2 Å². The first-order valence-corrected chi connectivity index (χ1v) is 14.4. The summed E-state index contributed by atoms with van der Waals surface area (Å²) < 4.78 is 34.5. The topological polar surface area (TPSA) is 96.0 Å². The highest BCUT2D eigenvalue weighted by Crippen LogP contribution is 2.34. The molecule has 0 heterocycles. The fraction of sp³-hybridized carbons (Fsp3) is 0.310. The number of nitrogens with one attached hydrogen (secondary N) is 1. The second-order valence-corrected chi connectivity index (χ2v) is 11.5. The van der Waals surface area contributed by atoms with E-state index in [1.807, 2.05) is 13.8 Å². The minimum atomic E-state index is -4.21. The predicted molar refractivity (Wildman–Crippen MR) is 154 cm³/mol. The van der Waals surface area contributed by atoms with E-state index in [2.05, 4.69) is 5.32 Å². The summed E-state index contributed by atoms with van der Waals surface area (Å²) in [6.45, 7) is 6.89. The first-order valence-electron chi connectivity index (χ1n) is 12.5. The lowest BCUT2D eigenvalue weighted by Gasteiger charge is -2.32. The third kappa shape index (κ3) is 7.10. The van der Waals surface area contributed by atoms with Crippen LogP contribution in [0.4, 0.5) is 5.69 Å². The fourth-order valence-electron chi connectivity index (χ4n) is 4.06. The molecule has 3 aromatic carbocycles. The molecular weight excluding hydrogens is 538 g/mol. The first-order chi connectivity index (χ1) is 18.5. The van der Waals surface area contributed by atoms with Crippen molar-refractivity contribution in [1.82, 2.24) is 10.2 Å². The van der Waals surface area contributed by atoms with E-state index in [1.165, 1.54) is 24.1 Å². The quantitative estimate of drug-likeness (QED) is 0.359. The molecule has 1 atom stereocenters. The van der Waals surface area contributed by atoms with E-state index in [1.54, 1.807) is 68.4 Å². The summed E-state index contributed by atoms with van der Waals surface area (Å²) in [5.74, 6) is -0.648. The number of ether oxygens (including phenoxy) is 1. The van der Waals surface area contributed by atoms with Gasteiger partial charge in [-0.15, -0.1) is 0 Å². The summed E-state index contributed by atoms with van der Waals surface area (Å²) >= 11 is 6.38. The average molecular weight is 572 g/mol. The number of carbonyl (C=O) groups excluding carboxylic acids is 2. The van der Waals surface area contributed by atoms with Crippen LogP contribution in [0.15, 0.2) is 71.6 Å². The molecule has 0 aromatic heterocycles. The molecule has 0 aliphatic heterocycles. The summed E-state index contributed by atoms with van der Waals surface area (Å²) in [5, 5.41) is 3.17. The highest BCUT2D eigenvalue weighted by atomic mass is 35.5. The Balaban J connectivity index is 2.11. The molecule has 3 aromatic rings. The van der Waals surface area contributed by atoms with Gasteiger partial charge in [0.1, 0.15) is 18.3 Å². The van der Waals surface area contributed by atoms with Crippen molar-refractivity contribution >= 4 is 39.1 Å². The number of hydrogen-bond acceptors (Lipinski definition) is 5. The van der Waals surface area contributed by atoms with Crippen molar-refractivity contribution in [2.75, 3.05) is 24.5 Å². The van der Waals surface area contributed by atoms with Gasteiger partial charge >= 0.3 is 0 Å². The molecule has 0 radical (unpaired) electrons. The van der Waals surface area contributed by atoms with Gasteiger partial charge < -0.3 is 15.0 Å². The molecule has 0 saturated carbocycles. The Morgan fingerprint density at radius 3 is 2.26 bits per heavy atom. The smallest absolute Gasteiger partial charge is 0.264 e. The highest BCUT2D eigenvalue weighted by molar-refractivity contribution is 7.92. The SMILES string of the molecule is CCNC(=O)[C@@H](C)N(Cc1ccccc1Cl)C(=O)CN(c1cc(C)ccc1OC)S(=O)(=O)c1ccc(C)cc1. The van der Waals surface area contributed by atoms with Crippen LogP contribution in [0.1, 0.15) is 30.5 Å². The number of methoxy groups -OCH3 is 1. The molecule has 10 heteroatoms. The third-order valence-corrected chi connectivity index (χ3v) is 8.45. The van der Waals surface area contributed by atoms with Gasteiger partial charge in [-0.25, -0.2) is 8.42 Å². The third-order valence-electron chi connectivity index (χ3n) is 6.31. The summed E-state index contributed by atoms with van der Waals surface area (Å²) in [5.41, 5.74) is 2.52. The van der Waals surface area contributed by atoms with E-state index < -0.39 is 28.5 Å². The Bertz CT molecular complexity index is 1430. The number of aryl methyl sites for hydroxylation is 2. The second kappa shape index (κ2) is 13.0. The zero-order valence-corrected chi connectivity index (χ0v) is 24.3. The van der Waals surface area contributed by atoms with Crippen molar-refractivity contribution in [2.24, 2.45) is 0 Å². The van der Waals surface area contributed by atoms with Crippen LogP contribution in [0.2, 0.25) is 5.02 Å². The van der Waals surface area contributed by atoms with Gasteiger partial charge in [0.25, 0.3) is 10.0 Å². The van der Waals surface area contributed by atoms with Crippen molar-refractivity contribution in [1.29, 1.82) is 0 Å². The molecule has 0 fully saturated rings. The van der Waals surface area contributed by atoms with Crippen LogP contribution in [0.3, 0.4) is 0 Å². The highest BCUT2D eigenvalue weighted by Gasteiger charge is 2.34. The Hall–Kier alpha value is -3.56. The number of sulfonamides is 1. The van der Waals surface area contributed by atoms with Crippen LogP contribution >= 0.6 is 11.6 Å². The first kappa shape index (κ1) is 30.0. The van der Waals surface area contributed by atoms with Gasteiger partial charge in [0.05, 0.1) is 17.7 Å². The lowest BCUT2D eigenvalue weighted by molar-refractivity contribution is -0.139. The van der Waals surface area contributed by atoms with Crippen LogP contribution in [-0.4, -0.2) is 51.4 Å². The number of anilines is 1. The summed E-state index contributed by atoms with van der Waals surface area (Å²) in [6, 6.07) is 17.6.